The molecule has 31 heavy (non-hydrogen) atoms. The predicted octanol–water partition coefficient (Wildman–Crippen LogP) is 4.00. The lowest BCUT2D eigenvalue weighted by Gasteiger charge is -2.35. The van der Waals surface area contributed by atoms with Gasteiger partial charge in [0, 0.05) is 39.1 Å². The monoisotopic (exact) mass is 436 g/mol. The fraction of sp³-hybridized carbons (Fsp3) is 0.435. The van der Waals surface area contributed by atoms with Gasteiger partial charge in [-0.15, -0.1) is 0 Å². The van der Waals surface area contributed by atoms with Gasteiger partial charge in [0.1, 0.15) is 0 Å². The molecule has 0 saturated carbocycles. The molecule has 1 fully saturated rings. The zero-order chi connectivity index (χ0) is 22.4. The highest BCUT2D eigenvalue weighted by Gasteiger charge is 2.30. The average molecular weight is 436 g/mol. The highest BCUT2D eigenvalue weighted by Crippen LogP contribution is 2.29. The number of aryl methyl sites for hydroxylation is 1. The Morgan fingerprint density at radius 1 is 0.903 bits per heavy atom. The van der Waals surface area contributed by atoms with Gasteiger partial charge in [-0.2, -0.15) is 13.2 Å². The van der Waals surface area contributed by atoms with Crippen LogP contribution in [0.2, 0.25) is 0 Å². The molecule has 2 aromatic rings. The fourth-order valence-electron chi connectivity index (χ4n) is 3.66. The molecule has 5 nitrogen and oxygen atoms in total. The molecule has 0 unspecified atom stereocenters. The van der Waals surface area contributed by atoms with E-state index < -0.39 is 11.7 Å². The largest absolute Gasteiger partial charge is 0.493 e. The number of rotatable bonds is 7. The molecule has 0 atom stereocenters. The number of hydrogen-bond acceptors (Lipinski definition) is 4. The Bertz CT molecular complexity index is 877. The molecule has 8 heteroatoms. The number of amides is 1. The van der Waals surface area contributed by atoms with Crippen LogP contribution in [0.4, 0.5) is 13.2 Å². The summed E-state index contributed by atoms with van der Waals surface area (Å²) in [5, 5.41) is 0. The second-order valence-corrected chi connectivity index (χ2v) is 7.54. The van der Waals surface area contributed by atoms with Crippen molar-refractivity contribution < 1.29 is 27.4 Å². The molecule has 1 heterocycles. The molecule has 1 aliphatic rings. The molecular weight excluding hydrogens is 409 g/mol. The molecule has 0 radical (unpaired) electrons. The number of methoxy groups -OCH3 is 2. The maximum absolute atomic E-state index is 12.7. The zero-order valence-electron chi connectivity index (χ0n) is 17.7. The van der Waals surface area contributed by atoms with Gasteiger partial charge in [0.25, 0.3) is 0 Å². The third-order valence-corrected chi connectivity index (χ3v) is 5.49. The van der Waals surface area contributed by atoms with Gasteiger partial charge in [0.15, 0.2) is 11.5 Å². The van der Waals surface area contributed by atoms with Crippen LogP contribution >= 0.6 is 0 Å². The van der Waals surface area contributed by atoms with Gasteiger partial charge in [-0.05, 0) is 41.8 Å². The average Bonchev–Trinajstić information content (AvgIpc) is 2.77. The molecule has 1 saturated heterocycles. The SMILES string of the molecule is COc1ccc(CCC(=O)N2CCN(Cc3ccc(C(F)(F)F)cc3)CC2)cc1OC. The van der Waals surface area contributed by atoms with Crippen LogP contribution in [-0.4, -0.2) is 56.1 Å². The van der Waals surface area contributed by atoms with Gasteiger partial charge in [-0.3, -0.25) is 9.69 Å². The van der Waals surface area contributed by atoms with Crippen molar-refractivity contribution in [3.8, 4) is 11.5 Å². The van der Waals surface area contributed by atoms with Crippen LogP contribution in [0.1, 0.15) is 23.1 Å². The van der Waals surface area contributed by atoms with Crippen LogP contribution in [0.25, 0.3) is 0 Å². The lowest BCUT2D eigenvalue weighted by molar-refractivity contribution is -0.137. The van der Waals surface area contributed by atoms with E-state index >= 15 is 0 Å². The number of benzene rings is 2. The Balaban J connectivity index is 1.45. The molecule has 2 aromatic carbocycles. The van der Waals surface area contributed by atoms with Gasteiger partial charge < -0.3 is 14.4 Å². The first-order chi connectivity index (χ1) is 14.8. The van der Waals surface area contributed by atoms with E-state index in [0.29, 0.717) is 57.1 Å². The third kappa shape index (κ3) is 6.13. The molecular formula is C23H27F3N2O3. The van der Waals surface area contributed by atoms with Crippen LogP contribution in [0.3, 0.4) is 0 Å². The van der Waals surface area contributed by atoms with Crippen LogP contribution in [0.5, 0.6) is 11.5 Å². The predicted molar refractivity (Wildman–Crippen MR) is 111 cm³/mol. The van der Waals surface area contributed by atoms with Crippen molar-refractivity contribution in [1.29, 1.82) is 0 Å². The summed E-state index contributed by atoms with van der Waals surface area (Å²) in [6.45, 7) is 3.20. The van der Waals surface area contributed by atoms with Crippen LogP contribution in [0, 0.1) is 0 Å². The summed E-state index contributed by atoms with van der Waals surface area (Å²) < 4.78 is 48.6. The van der Waals surface area contributed by atoms with Crippen molar-refractivity contribution in [2.75, 3.05) is 40.4 Å². The molecule has 0 aliphatic carbocycles. The normalized spacial score (nSPS) is 15.1. The Morgan fingerprint density at radius 2 is 1.52 bits per heavy atom. The van der Waals surface area contributed by atoms with Crippen molar-refractivity contribution in [3.63, 3.8) is 0 Å². The summed E-state index contributed by atoms with van der Waals surface area (Å²) >= 11 is 0. The summed E-state index contributed by atoms with van der Waals surface area (Å²) in [6.07, 6.45) is -3.29. The molecule has 168 valence electrons. The topological polar surface area (TPSA) is 42.0 Å². The summed E-state index contributed by atoms with van der Waals surface area (Å²) in [5.41, 5.74) is 1.20. The van der Waals surface area contributed by atoms with Crippen molar-refractivity contribution in [2.24, 2.45) is 0 Å². The third-order valence-electron chi connectivity index (χ3n) is 5.49. The van der Waals surface area contributed by atoms with E-state index in [-0.39, 0.29) is 5.91 Å². The quantitative estimate of drug-likeness (QED) is 0.658. The van der Waals surface area contributed by atoms with Crippen LogP contribution in [0.15, 0.2) is 42.5 Å². The minimum atomic E-state index is -4.32. The minimum Gasteiger partial charge on any atom is -0.493 e. The maximum Gasteiger partial charge on any atom is 0.416 e. The molecule has 0 aromatic heterocycles. The molecule has 0 N–H and O–H groups in total. The number of nitrogens with zero attached hydrogens (tertiary/aromatic N) is 2. The second kappa shape index (κ2) is 10.0. The Hall–Kier alpha value is -2.74. The van der Waals surface area contributed by atoms with E-state index in [0.717, 1.165) is 23.3 Å². The van der Waals surface area contributed by atoms with Gasteiger partial charge >= 0.3 is 6.18 Å². The Kier molecular flexibility index (Phi) is 7.43. The van der Waals surface area contributed by atoms with Crippen molar-refractivity contribution in [1.82, 2.24) is 9.80 Å². The van der Waals surface area contributed by atoms with Crippen molar-refractivity contribution in [2.45, 2.75) is 25.6 Å². The first-order valence-electron chi connectivity index (χ1n) is 10.2. The number of ether oxygens (including phenoxy) is 2. The molecule has 0 spiro atoms. The Labute approximate surface area is 180 Å². The molecule has 0 bridgehead atoms. The minimum absolute atomic E-state index is 0.101. The van der Waals surface area contributed by atoms with E-state index in [1.807, 2.05) is 23.1 Å². The molecule has 3 rings (SSSR count). The standard InChI is InChI=1S/C23H27F3N2O3/c1-30-20-9-5-17(15-21(20)31-2)6-10-22(29)28-13-11-27(12-14-28)16-18-3-7-19(8-4-18)23(24,25)26/h3-5,7-9,15H,6,10-14,16H2,1-2H3. The summed E-state index contributed by atoms with van der Waals surface area (Å²) in [4.78, 5) is 16.6. The fourth-order valence-corrected chi connectivity index (χ4v) is 3.66. The number of alkyl halides is 3. The van der Waals surface area contributed by atoms with E-state index in [1.54, 1.807) is 14.2 Å². The van der Waals surface area contributed by atoms with Gasteiger partial charge in [0.05, 0.1) is 19.8 Å². The maximum atomic E-state index is 12.7. The molecule has 1 aliphatic heterocycles. The summed E-state index contributed by atoms with van der Waals surface area (Å²) in [6, 6.07) is 10.9. The number of halogens is 3. The number of piperazine rings is 1. The van der Waals surface area contributed by atoms with E-state index in [2.05, 4.69) is 4.90 Å². The van der Waals surface area contributed by atoms with Crippen LogP contribution in [-0.2, 0) is 23.9 Å². The molecule has 1 amide bonds. The van der Waals surface area contributed by atoms with Gasteiger partial charge in [-0.25, -0.2) is 0 Å². The van der Waals surface area contributed by atoms with E-state index in [9.17, 15) is 18.0 Å². The number of carbonyl (C=O) groups is 1. The van der Waals surface area contributed by atoms with Crippen LogP contribution < -0.4 is 9.47 Å². The first-order valence-corrected chi connectivity index (χ1v) is 10.2. The first kappa shape index (κ1) is 22.9. The second-order valence-electron chi connectivity index (χ2n) is 7.54. The Morgan fingerprint density at radius 3 is 2.10 bits per heavy atom. The lowest BCUT2D eigenvalue weighted by Crippen LogP contribution is -2.48. The summed E-state index contributed by atoms with van der Waals surface area (Å²) in [5.74, 6) is 1.40. The van der Waals surface area contributed by atoms with Crippen molar-refractivity contribution in [3.05, 3.63) is 59.2 Å². The zero-order valence-corrected chi connectivity index (χ0v) is 17.7. The lowest BCUT2D eigenvalue weighted by atomic mass is 10.1. The van der Waals surface area contributed by atoms with Gasteiger partial charge in [0.2, 0.25) is 5.91 Å². The smallest absolute Gasteiger partial charge is 0.416 e. The number of carbonyl (C=O) groups excluding carboxylic acids is 1. The number of hydrogen-bond donors (Lipinski definition) is 0. The highest BCUT2D eigenvalue weighted by molar-refractivity contribution is 5.76. The highest BCUT2D eigenvalue weighted by atomic mass is 19.4. The summed E-state index contributed by atoms with van der Waals surface area (Å²) in [7, 11) is 3.16. The van der Waals surface area contributed by atoms with Crippen molar-refractivity contribution >= 4 is 5.91 Å². The van der Waals surface area contributed by atoms with E-state index in [4.69, 9.17) is 9.47 Å². The van der Waals surface area contributed by atoms with E-state index in [1.165, 1.54) is 12.1 Å². The van der Waals surface area contributed by atoms with Gasteiger partial charge in [-0.1, -0.05) is 18.2 Å².